The van der Waals surface area contributed by atoms with E-state index in [-0.39, 0.29) is 0 Å². The number of thiophene rings is 1. The summed E-state index contributed by atoms with van der Waals surface area (Å²) < 4.78 is 4.97. The molecule has 2 rings (SSSR count). The lowest BCUT2D eigenvalue weighted by Crippen LogP contribution is -2.08. The van der Waals surface area contributed by atoms with Crippen molar-refractivity contribution in [1.29, 1.82) is 5.26 Å². The van der Waals surface area contributed by atoms with E-state index < -0.39 is 0 Å². The Labute approximate surface area is 121 Å². The molecule has 0 unspecified atom stereocenters. The van der Waals surface area contributed by atoms with Gasteiger partial charge in [0.15, 0.2) is 6.29 Å². The number of hydrogen-bond acceptors (Lipinski definition) is 5. The number of nitrogens with one attached hydrogen (secondary N) is 1. The smallest absolute Gasteiger partial charge is 0.160 e. The van der Waals surface area contributed by atoms with Crippen LogP contribution in [0.5, 0.6) is 0 Å². The summed E-state index contributed by atoms with van der Waals surface area (Å²) in [4.78, 5) is 12.4. The molecule has 102 valence electrons. The highest BCUT2D eigenvalue weighted by Crippen LogP contribution is 2.30. The topological polar surface area (TPSA) is 62.1 Å². The molecule has 0 spiro atoms. The molecule has 2 aromatic rings. The lowest BCUT2D eigenvalue weighted by atomic mass is 10.1. The van der Waals surface area contributed by atoms with Gasteiger partial charge in [0.2, 0.25) is 0 Å². The van der Waals surface area contributed by atoms with Crippen LogP contribution in [0.15, 0.2) is 30.3 Å². The van der Waals surface area contributed by atoms with Crippen molar-refractivity contribution >= 4 is 23.3 Å². The molecule has 0 amide bonds. The molecule has 0 aliphatic heterocycles. The number of anilines is 1. The van der Waals surface area contributed by atoms with Gasteiger partial charge in [-0.15, -0.1) is 11.3 Å². The number of carbonyl (C=O) groups is 1. The van der Waals surface area contributed by atoms with Crippen LogP contribution < -0.4 is 5.32 Å². The van der Waals surface area contributed by atoms with Crippen LogP contribution in [-0.4, -0.2) is 26.5 Å². The molecule has 4 nitrogen and oxygen atoms in total. The SMILES string of the molecule is COCCNc1ccc(-c2ccc(C=O)s2)cc1C#N. The second-order valence-corrected chi connectivity index (χ2v) is 5.23. The van der Waals surface area contributed by atoms with Gasteiger partial charge in [-0.25, -0.2) is 0 Å². The number of nitrogens with zero attached hydrogens (tertiary/aromatic N) is 1. The fraction of sp³-hybridized carbons (Fsp3) is 0.200. The third-order valence-corrected chi connectivity index (χ3v) is 3.85. The monoisotopic (exact) mass is 286 g/mol. The van der Waals surface area contributed by atoms with E-state index in [1.54, 1.807) is 13.2 Å². The van der Waals surface area contributed by atoms with Crippen LogP contribution in [0.4, 0.5) is 5.69 Å². The number of rotatable bonds is 6. The van der Waals surface area contributed by atoms with E-state index in [0.717, 1.165) is 22.4 Å². The molecule has 20 heavy (non-hydrogen) atoms. The molecule has 1 heterocycles. The Morgan fingerprint density at radius 2 is 2.25 bits per heavy atom. The van der Waals surface area contributed by atoms with Gasteiger partial charge in [-0.2, -0.15) is 5.26 Å². The van der Waals surface area contributed by atoms with Crippen molar-refractivity contribution in [2.24, 2.45) is 0 Å². The van der Waals surface area contributed by atoms with Crippen LogP contribution in [0, 0.1) is 11.3 Å². The Balaban J connectivity index is 2.24. The van der Waals surface area contributed by atoms with Gasteiger partial charge in [-0.1, -0.05) is 6.07 Å². The van der Waals surface area contributed by atoms with Crippen molar-refractivity contribution in [3.63, 3.8) is 0 Å². The highest BCUT2D eigenvalue weighted by atomic mass is 32.1. The van der Waals surface area contributed by atoms with Crippen LogP contribution in [0.1, 0.15) is 15.2 Å². The van der Waals surface area contributed by atoms with Crippen LogP contribution in [-0.2, 0) is 4.74 Å². The molecular weight excluding hydrogens is 272 g/mol. The molecule has 0 saturated heterocycles. The van der Waals surface area contributed by atoms with Gasteiger partial charge in [-0.3, -0.25) is 4.79 Å². The van der Waals surface area contributed by atoms with Crippen molar-refractivity contribution < 1.29 is 9.53 Å². The van der Waals surface area contributed by atoms with Crippen LogP contribution in [0.25, 0.3) is 10.4 Å². The van der Waals surface area contributed by atoms with E-state index in [0.29, 0.717) is 23.6 Å². The van der Waals surface area contributed by atoms with Crippen LogP contribution >= 0.6 is 11.3 Å². The van der Waals surface area contributed by atoms with Gasteiger partial charge >= 0.3 is 0 Å². The molecule has 0 aliphatic carbocycles. The van der Waals surface area contributed by atoms with Crippen molar-refractivity contribution in [3.05, 3.63) is 40.8 Å². The number of nitriles is 1. The summed E-state index contributed by atoms with van der Waals surface area (Å²) in [5.74, 6) is 0. The molecule has 1 N–H and O–H groups in total. The van der Waals surface area contributed by atoms with Gasteiger partial charge < -0.3 is 10.1 Å². The Hall–Kier alpha value is -2.16. The number of carbonyl (C=O) groups excluding carboxylic acids is 1. The van der Waals surface area contributed by atoms with E-state index in [1.807, 2.05) is 24.3 Å². The van der Waals surface area contributed by atoms with Crippen molar-refractivity contribution in [3.8, 4) is 16.5 Å². The lowest BCUT2D eigenvalue weighted by Gasteiger charge is -2.08. The van der Waals surface area contributed by atoms with Crippen LogP contribution in [0.2, 0.25) is 0 Å². The summed E-state index contributed by atoms with van der Waals surface area (Å²) in [6, 6.07) is 11.5. The Bertz CT molecular complexity index is 644. The Morgan fingerprint density at radius 3 is 2.90 bits per heavy atom. The zero-order valence-corrected chi connectivity index (χ0v) is 11.9. The minimum absolute atomic E-state index is 0.583. The van der Waals surface area contributed by atoms with E-state index in [1.165, 1.54) is 11.3 Å². The quantitative estimate of drug-likeness (QED) is 0.654. The maximum atomic E-state index is 10.7. The third-order valence-electron chi connectivity index (χ3n) is 2.79. The zero-order valence-electron chi connectivity index (χ0n) is 11.1. The van der Waals surface area contributed by atoms with Gasteiger partial charge in [0.1, 0.15) is 6.07 Å². The number of hydrogen-bond donors (Lipinski definition) is 1. The summed E-state index contributed by atoms with van der Waals surface area (Å²) >= 11 is 1.41. The molecule has 1 aromatic heterocycles. The van der Waals surface area contributed by atoms with E-state index in [9.17, 15) is 10.1 Å². The first-order valence-electron chi connectivity index (χ1n) is 6.11. The third kappa shape index (κ3) is 3.23. The summed E-state index contributed by atoms with van der Waals surface area (Å²) in [5, 5.41) is 12.4. The Morgan fingerprint density at radius 1 is 1.40 bits per heavy atom. The minimum Gasteiger partial charge on any atom is -0.383 e. The fourth-order valence-electron chi connectivity index (χ4n) is 1.80. The van der Waals surface area contributed by atoms with E-state index >= 15 is 0 Å². The summed E-state index contributed by atoms with van der Waals surface area (Å²) in [6.07, 6.45) is 0.833. The number of ether oxygens (including phenoxy) is 1. The number of methoxy groups -OCH3 is 1. The standard InChI is InChI=1S/C15H14N2O2S/c1-19-7-6-17-14-4-2-11(8-12(14)9-16)15-5-3-13(10-18)20-15/h2-5,8,10,17H,6-7H2,1H3. The minimum atomic E-state index is 0.583. The summed E-state index contributed by atoms with van der Waals surface area (Å²) in [5.41, 5.74) is 2.32. The van der Waals surface area contributed by atoms with Gasteiger partial charge in [0.25, 0.3) is 0 Å². The molecule has 5 heteroatoms. The molecule has 0 atom stereocenters. The highest BCUT2D eigenvalue weighted by Gasteiger charge is 2.07. The molecule has 0 saturated carbocycles. The first-order valence-corrected chi connectivity index (χ1v) is 6.92. The molecule has 0 aliphatic rings. The van der Waals surface area contributed by atoms with Crippen molar-refractivity contribution in [2.45, 2.75) is 0 Å². The molecule has 0 radical (unpaired) electrons. The lowest BCUT2D eigenvalue weighted by molar-refractivity contribution is 0.112. The van der Waals surface area contributed by atoms with E-state index in [2.05, 4.69) is 11.4 Å². The maximum absolute atomic E-state index is 10.7. The molecule has 0 fully saturated rings. The maximum Gasteiger partial charge on any atom is 0.160 e. The second kappa shape index (κ2) is 6.85. The van der Waals surface area contributed by atoms with Crippen molar-refractivity contribution in [1.82, 2.24) is 0 Å². The average Bonchev–Trinajstić information content (AvgIpc) is 2.96. The predicted molar refractivity (Wildman–Crippen MR) is 80.2 cm³/mol. The van der Waals surface area contributed by atoms with Gasteiger partial charge in [0, 0.05) is 18.5 Å². The second-order valence-electron chi connectivity index (χ2n) is 4.11. The van der Waals surface area contributed by atoms with Crippen molar-refractivity contribution in [2.75, 3.05) is 25.6 Å². The molecular formula is C15H14N2O2S. The van der Waals surface area contributed by atoms with Crippen LogP contribution in [0.3, 0.4) is 0 Å². The predicted octanol–water partition coefficient (Wildman–Crippen LogP) is 3.16. The Kier molecular flexibility index (Phi) is 4.88. The number of aldehydes is 1. The highest BCUT2D eigenvalue weighted by molar-refractivity contribution is 7.17. The van der Waals surface area contributed by atoms with E-state index in [4.69, 9.17) is 4.74 Å². The summed E-state index contributed by atoms with van der Waals surface area (Å²) in [7, 11) is 1.64. The fourth-order valence-corrected chi connectivity index (χ4v) is 2.62. The zero-order chi connectivity index (χ0) is 14.4. The number of benzene rings is 1. The first-order chi connectivity index (χ1) is 9.78. The first kappa shape index (κ1) is 14.3. The average molecular weight is 286 g/mol. The molecule has 1 aromatic carbocycles. The largest absolute Gasteiger partial charge is 0.383 e. The van der Waals surface area contributed by atoms with Gasteiger partial charge in [0.05, 0.1) is 22.7 Å². The molecule has 0 bridgehead atoms. The summed E-state index contributed by atoms with van der Waals surface area (Å²) in [6.45, 7) is 1.24. The normalized spacial score (nSPS) is 10.0. The van der Waals surface area contributed by atoms with Gasteiger partial charge in [-0.05, 0) is 29.8 Å².